The van der Waals surface area contributed by atoms with Gasteiger partial charge in [0.15, 0.2) is 6.10 Å². The number of hydrogen-bond acceptors (Lipinski definition) is 6. The Balaban J connectivity index is 4.21. The van der Waals surface area contributed by atoms with Crippen LogP contribution in [-0.4, -0.2) is 37.2 Å². The zero-order chi connectivity index (χ0) is 57.8. The van der Waals surface area contributed by atoms with Crippen LogP contribution in [0.4, 0.5) is 0 Å². The summed E-state index contributed by atoms with van der Waals surface area (Å²) in [6.45, 7) is 6.48. The molecule has 1 unspecified atom stereocenters. The smallest absolute Gasteiger partial charge is 0.306 e. The maximum absolute atomic E-state index is 12.9. The van der Waals surface area contributed by atoms with E-state index in [1.165, 1.54) is 154 Å². The second-order valence-electron chi connectivity index (χ2n) is 22.3. The molecule has 0 aromatic rings. The molecule has 458 valence electrons. The molecule has 0 N–H and O–H groups in total. The predicted octanol–water partition coefficient (Wildman–Crippen LogP) is 23.4. The van der Waals surface area contributed by atoms with Gasteiger partial charge >= 0.3 is 17.9 Å². The molecule has 6 heteroatoms. The van der Waals surface area contributed by atoms with Crippen molar-refractivity contribution in [2.75, 3.05) is 13.2 Å². The van der Waals surface area contributed by atoms with Gasteiger partial charge in [-0.1, -0.05) is 291 Å². The van der Waals surface area contributed by atoms with Crippen LogP contribution in [-0.2, 0) is 28.6 Å². The van der Waals surface area contributed by atoms with Crippen molar-refractivity contribution in [2.24, 2.45) is 0 Å². The lowest BCUT2D eigenvalue weighted by Gasteiger charge is -2.18. The number of unbranched alkanes of at least 4 members (excludes halogenated alkanes) is 32. The van der Waals surface area contributed by atoms with Crippen LogP contribution in [0.2, 0.25) is 0 Å². The third-order valence-electron chi connectivity index (χ3n) is 14.5. The van der Waals surface area contributed by atoms with Gasteiger partial charge in [-0.3, -0.25) is 14.4 Å². The summed E-state index contributed by atoms with van der Waals surface area (Å²) in [6, 6.07) is 0. The normalized spacial score (nSPS) is 12.8. The lowest BCUT2D eigenvalue weighted by Crippen LogP contribution is -2.30. The van der Waals surface area contributed by atoms with Gasteiger partial charge in [-0.05, 0) is 122 Å². The lowest BCUT2D eigenvalue weighted by atomic mass is 10.0. The fraction of sp³-hybridized carbons (Fsp3) is 0.716. The molecule has 0 aliphatic carbocycles. The molecule has 6 nitrogen and oxygen atoms in total. The second-order valence-corrected chi connectivity index (χ2v) is 22.3. The second kappa shape index (κ2) is 67.6. The van der Waals surface area contributed by atoms with E-state index < -0.39 is 6.10 Å². The van der Waals surface area contributed by atoms with Gasteiger partial charge in [-0.2, -0.15) is 0 Å². The van der Waals surface area contributed by atoms with Gasteiger partial charge in [0.25, 0.3) is 0 Å². The van der Waals surface area contributed by atoms with Crippen molar-refractivity contribution in [1.82, 2.24) is 0 Å². The number of esters is 3. The van der Waals surface area contributed by atoms with E-state index in [9.17, 15) is 14.4 Å². The highest BCUT2D eigenvalue weighted by atomic mass is 16.6. The summed E-state index contributed by atoms with van der Waals surface area (Å²) in [7, 11) is 0. The van der Waals surface area contributed by atoms with E-state index in [1.54, 1.807) is 0 Å². The minimum absolute atomic E-state index is 0.0844. The monoisotopic (exact) mass is 1110 g/mol. The summed E-state index contributed by atoms with van der Waals surface area (Å²) in [6.07, 6.45) is 92.5. The zero-order valence-corrected chi connectivity index (χ0v) is 52.6. The topological polar surface area (TPSA) is 78.9 Å². The summed E-state index contributed by atoms with van der Waals surface area (Å²) >= 11 is 0. The minimum Gasteiger partial charge on any atom is -0.462 e. The number of rotatable bonds is 61. The number of allylic oxidation sites excluding steroid dienone is 18. The molecule has 0 saturated heterocycles. The highest BCUT2D eigenvalue weighted by Gasteiger charge is 2.19. The van der Waals surface area contributed by atoms with Crippen molar-refractivity contribution in [2.45, 2.75) is 329 Å². The lowest BCUT2D eigenvalue weighted by molar-refractivity contribution is -0.167. The van der Waals surface area contributed by atoms with E-state index in [1.807, 2.05) is 0 Å². The molecule has 0 aliphatic rings. The van der Waals surface area contributed by atoms with E-state index in [-0.39, 0.29) is 31.1 Å². The Hall–Kier alpha value is -3.93. The van der Waals surface area contributed by atoms with Gasteiger partial charge in [0, 0.05) is 19.3 Å². The molecule has 1 atom stereocenters. The first kappa shape index (κ1) is 76.1. The first-order chi connectivity index (χ1) is 39.5. The van der Waals surface area contributed by atoms with Gasteiger partial charge < -0.3 is 14.2 Å². The maximum atomic E-state index is 12.9. The van der Waals surface area contributed by atoms with E-state index in [2.05, 4.69) is 130 Å². The highest BCUT2D eigenvalue weighted by Crippen LogP contribution is 2.16. The van der Waals surface area contributed by atoms with E-state index in [4.69, 9.17) is 14.2 Å². The zero-order valence-electron chi connectivity index (χ0n) is 52.6. The molecule has 0 radical (unpaired) electrons. The van der Waals surface area contributed by atoms with Gasteiger partial charge in [-0.15, -0.1) is 0 Å². The fourth-order valence-corrected chi connectivity index (χ4v) is 9.40. The summed E-state index contributed by atoms with van der Waals surface area (Å²) in [4.78, 5) is 38.3. The number of carbonyl (C=O) groups excluding carboxylic acids is 3. The quantitative estimate of drug-likeness (QED) is 0.0261. The van der Waals surface area contributed by atoms with Crippen molar-refractivity contribution in [3.8, 4) is 0 Å². The fourth-order valence-electron chi connectivity index (χ4n) is 9.40. The molecule has 0 aliphatic heterocycles. The average molecular weight is 1110 g/mol. The Morgan fingerprint density at radius 1 is 0.263 bits per heavy atom. The highest BCUT2D eigenvalue weighted by molar-refractivity contribution is 5.71. The number of carbonyl (C=O) groups is 3. The van der Waals surface area contributed by atoms with Gasteiger partial charge in [0.05, 0.1) is 0 Å². The molecule has 80 heavy (non-hydrogen) atoms. The predicted molar refractivity (Wildman–Crippen MR) is 348 cm³/mol. The first-order valence-electron chi connectivity index (χ1n) is 33.9. The van der Waals surface area contributed by atoms with Crippen molar-refractivity contribution in [3.05, 3.63) is 109 Å². The SMILES string of the molecule is CC/C=C\C/C=C\C/C=C\C/C=C\C/C=C\C/C=C\CCCCCCCCCCCCCCCCC(=O)OCC(COC(=O)CCCCCCC/C=C\C/C=C\CCCC)OC(=O)CCCCCCC/C=C\CCCCCCCC. The van der Waals surface area contributed by atoms with Crippen LogP contribution in [0.3, 0.4) is 0 Å². The largest absolute Gasteiger partial charge is 0.462 e. The van der Waals surface area contributed by atoms with Gasteiger partial charge in [0.2, 0.25) is 0 Å². The Bertz CT molecular complexity index is 1610. The van der Waals surface area contributed by atoms with Crippen molar-refractivity contribution in [1.29, 1.82) is 0 Å². The average Bonchev–Trinajstić information content (AvgIpc) is 3.46. The Morgan fingerprint density at radius 2 is 0.500 bits per heavy atom. The van der Waals surface area contributed by atoms with E-state index in [0.717, 1.165) is 128 Å². The van der Waals surface area contributed by atoms with Crippen LogP contribution >= 0.6 is 0 Å². The molecular weight excluding hydrogens is 985 g/mol. The van der Waals surface area contributed by atoms with Gasteiger partial charge in [0.1, 0.15) is 13.2 Å². The molecule has 0 aromatic carbocycles. The van der Waals surface area contributed by atoms with Crippen LogP contribution in [0.15, 0.2) is 109 Å². The van der Waals surface area contributed by atoms with Crippen LogP contribution in [0.25, 0.3) is 0 Å². The Labute approximate surface area is 495 Å². The molecule has 0 spiro atoms. The third-order valence-corrected chi connectivity index (χ3v) is 14.5. The molecular formula is C74H126O6. The Morgan fingerprint density at radius 3 is 0.812 bits per heavy atom. The van der Waals surface area contributed by atoms with Crippen LogP contribution < -0.4 is 0 Å². The molecule has 0 aromatic heterocycles. The summed E-state index contributed by atoms with van der Waals surface area (Å²) in [5.74, 6) is -0.898. The van der Waals surface area contributed by atoms with Gasteiger partial charge in [-0.25, -0.2) is 0 Å². The van der Waals surface area contributed by atoms with Crippen molar-refractivity contribution >= 4 is 17.9 Å². The van der Waals surface area contributed by atoms with Crippen LogP contribution in [0.1, 0.15) is 323 Å². The maximum Gasteiger partial charge on any atom is 0.306 e. The summed E-state index contributed by atoms with van der Waals surface area (Å²) in [5, 5.41) is 0. The minimum atomic E-state index is -0.789. The molecule has 0 rings (SSSR count). The molecule has 0 fully saturated rings. The summed E-state index contributed by atoms with van der Waals surface area (Å²) < 4.78 is 16.9. The van der Waals surface area contributed by atoms with E-state index >= 15 is 0 Å². The standard InChI is InChI=1S/C74H126O6/c1-4-7-10-13-16-19-22-25-28-29-30-31-32-33-34-35-36-37-38-39-40-41-42-43-44-45-47-49-52-55-58-61-64-67-73(76)79-70-71(69-78-72(75)66-63-60-57-54-51-48-27-24-21-18-15-12-9-6-3)80-74(77)68-65-62-59-56-53-50-46-26-23-20-17-14-11-8-5-2/h7,10,15-16,18-19,24-28,30-31,33-34,36-37,46,71H,4-6,8-9,11-14,17,20-23,29,32,35,38-45,47-70H2,1-3H3/b10-7-,18-15-,19-16-,27-24-,28-25-,31-30-,34-33-,37-36-,46-26-. The first-order valence-corrected chi connectivity index (χ1v) is 33.9. The number of hydrogen-bond donors (Lipinski definition) is 0. The van der Waals surface area contributed by atoms with Crippen LogP contribution in [0, 0.1) is 0 Å². The molecule has 0 saturated carbocycles. The number of ether oxygens (including phenoxy) is 3. The Kier molecular flexibility index (Phi) is 64.3. The van der Waals surface area contributed by atoms with Crippen molar-refractivity contribution < 1.29 is 28.6 Å². The van der Waals surface area contributed by atoms with Crippen molar-refractivity contribution in [3.63, 3.8) is 0 Å². The van der Waals surface area contributed by atoms with E-state index in [0.29, 0.717) is 19.3 Å². The molecule has 0 heterocycles. The molecule has 0 amide bonds. The molecule has 0 bridgehead atoms. The third kappa shape index (κ3) is 64.9. The summed E-state index contributed by atoms with van der Waals surface area (Å²) in [5.41, 5.74) is 0. The van der Waals surface area contributed by atoms with Crippen LogP contribution in [0.5, 0.6) is 0 Å².